The lowest BCUT2D eigenvalue weighted by Gasteiger charge is -2.12. The number of sulfonamides is 2. The van der Waals surface area contributed by atoms with Gasteiger partial charge in [-0.15, -0.1) is 0 Å². The molecule has 1 aliphatic rings. The van der Waals surface area contributed by atoms with Crippen LogP contribution in [0.4, 0.5) is 5.69 Å². The predicted molar refractivity (Wildman–Crippen MR) is 96.7 cm³/mol. The molecule has 25 heavy (non-hydrogen) atoms. The van der Waals surface area contributed by atoms with E-state index in [0.717, 1.165) is 24.8 Å². The van der Waals surface area contributed by atoms with Gasteiger partial charge in [-0.05, 0) is 74.2 Å². The van der Waals surface area contributed by atoms with E-state index in [1.807, 2.05) is 6.07 Å². The summed E-state index contributed by atoms with van der Waals surface area (Å²) in [6.07, 6.45) is 2.90. The molecule has 0 saturated heterocycles. The van der Waals surface area contributed by atoms with E-state index < -0.39 is 20.0 Å². The molecule has 0 aliphatic heterocycles. The number of hydrogen-bond donors (Lipinski definition) is 2. The Hall–Kier alpha value is -1.90. The normalized spacial score (nSPS) is 14.3. The van der Waals surface area contributed by atoms with Crippen LogP contribution in [0.5, 0.6) is 0 Å². The summed E-state index contributed by atoms with van der Waals surface area (Å²) in [6, 6.07) is 9.59. The van der Waals surface area contributed by atoms with Gasteiger partial charge in [-0.25, -0.2) is 21.6 Å². The highest BCUT2D eigenvalue weighted by Gasteiger charge is 2.20. The molecule has 8 heteroatoms. The average molecular weight is 380 g/mol. The van der Waals surface area contributed by atoms with E-state index in [2.05, 4.69) is 9.44 Å². The standard InChI is InChI=1S/C17H20N2O4S2/c1-12-6-8-15(11-17(12)25(22,23)18-2)19-24(20,21)16-9-7-13-4-3-5-14(13)10-16/h6-11,18-19H,3-5H2,1-2H3. The van der Waals surface area contributed by atoms with Crippen LogP contribution in [0.2, 0.25) is 0 Å². The minimum Gasteiger partial charge on any atom is -0.280 e. The first-order chi connectivity index (χ1) is 11.7. The summed E-state index contributed by atoms with van der Waals surface area (Å²) in [5.74, 6) is 0. The maximum Gasteiger partial charge on any atom is 0.261 e. The Kier molecular flexibility index (Phi) is 4.61. The molecule has 0 radical (unpaired) electrons. The van der Waals surface area contributed by atoms with E-state index in [0.29, 0.717) is 5.56 Å². The Morgan fingerprint density at radius 2 is 1.60 bits per heavy atom. The van der Waals surface area contributed by atoms with Crippen LogP contribution in [0.25, 0.3) is 0 Å². The third kappa shape index (κ3) is 3.56. The lowest BCUT2D eigenvalue weighted by Crippen LogP contribution is -2.20. The van der Waals surface area contributed by atoms with Crippen LogP contribution in [0.15, 0.2) is 46.2 Å². The van der Waals surface area contributed by atoms with E-state index >= 15 is 0 Å². The SMILES string of the molecule is CNS(=O)(=O)c1cc(NS(=O)(=O)c2ccc3c(c2)CCC3)ccc1C. The third-order valence-corrected chi connectivity index (χ3v) is 7.31. The smallest absolute Gasteiger partial charge is 0.261 e. The van der Waals surface area contributed by atoms with Crippen LogP contribution in [0, 0.1) is 6.92 Å². The van der Waals surface area contributed by atoms with Crippen molar-refractivity contribution in [3.05, 3.63) is 53.1 Å². The molecular weight excluding hydrogens is 360 g/mol. The van der Waals surface area contributed by atoms with Crippen LogP contribution >= 0.6 is 0 Å². The molecule has 0 bridgehead atoms. The summed E-state index contributed by atoms with van der Waals surface area (Å²) in [7, 11) is -6.13. The van der Waals surface area contributed by atoms with Crippen LogP contribution in [-0.4, -0.2) is 23.9 Å². The maximum atomic E-state index is 12.6. The van der Waals surface area contributed by atoms with Gasteiger partial charge in [0, 0.05) is 0 Å². The number of aryl methyl sites for hydroxylation is 3. The molecule has 2 aromatic rings. The quantitative estimate of drug-likeness (QED) is 0.832. The van der Waals surface area contributed by atoms with E-state index in [-0.39, 0.29) is 15.5 Å². The molecule has 134 valence electrons. The molecule has 0 fully saturated rings. The molecule has 0 amide bonds. The molecule has 0 heterocycles. The number of fused-ring (bicyclic) bond motifs is 1. The predicted octanol–water partition coefficient (Wildman–Crippen LogP) is 2.19. The average Bonchev–Trinajstić information content (AvgIpc) is 3.04. The van der Waals surface area contributed by atoms with Gasteiger partial charge in [0.15, 0.2) is 0 Å². The molecule has 0 aromatic heterocycles. The van der Waals surface area contributed by atoms with Gasteiger partial charge >= 0.3 is 0 Å². The minimum absolute atomic E-state index is 0.0455. The van der Waals surface area contributed by atoms with Crippen molar-refractivity contribution in [1.82, 2.24) is 4.72 Å². The van der Waals surface area contributed by atoms with Gasteiger partial charge in [-0.1, -0.05) is 12.1 Å². The first-order valence-electron chi connectivity index (χ1n) is 7.92. The van der Waals surface area contributed by atoms with Crippen molar-refractivity contribution in [1.29, 1.82) is 0 Å². The topological polar surface area (TPSA) is 92.3 Å². The first kappa shape index (κ1) is 17.9. The van der Waals surface area contributed by atoms with Crippen molar-refractivity contribution in [3.63, 3.8) is 0 Å². The van der Waals surface area contributed by atoms with Crippen molar-refractivity contribution in [3.8, 4) is 0 Å². The number of rotatable bonds is 5. The van der Waals surface area contributed by atoms with Gasteiger partial charge in [0.05, 0.1) is 15.5 Å². The number of benzene rings is 2. The van der Waals surface area contributed by atoms with E-state index in [1.165, 1.54) is 18.7 Å². The van der Waals surface area contributed by atoms with E-state index in [1.54, 1.807) is 31.2 Å². The van der Waals surface area contributed by atoms with Gasteiger partial charge in [-0.2, -0.15) is 0 Å². The Labute approximate surface area is 148 Å². The molecular formula is C17H20N2O4S2. The summed E-state index contributed by atoms with van der Waals surface area (Å²) in [4.78, 5) is 0.232. The molecule has 6 nitrogen and oxygen atoms in total. The molecule has 0 atom stereocenters. The monoisotopic (exact) mass is 380 g/mol. The number of nitrogens with one attached hydrogen (secondary N) is 2. The Bertz CT molecular complexity index is 1030. The minimum atomic E-state index is -3.78. The van der Waals surface area contributed by atoms with Gasteiger partial charge in [0.25, 0.3) is 10.0 Å². The lowest BCUT2D eigenvalue weighted by molar-refractivity contribution is 0.587. The van der Waals surface area contributed by atoms with Gasteiger partial charge in [0.2, 0.25) is 10.0 Å². The fraction of sp³-hybridized carbons (Fsp3) is 0.294. The highest BCUT2D eigenvalue weighted by Crippen LogP contribution is 2.27. The fourth-order valence-corrected chi connectivity index (χ4v) is 5.09. The zero-order chi connectivity index (χ0) is 18.2. The lowest BCUT2D eigenvalue weighted by atomic mass is 10.1. The van der Waals surface area contributed by atoms with Gasteiger partial charge in [-0.3, -0.25) is 4.72 Å². The zero-order valence-electron chi connectivity index (χ0n) is 14.0. The molecule has 1 aliphatic carbocycles. The summed E-state index contributed by atoms with van der Waals surface area (Å²) in [5.41, 5.74) is 3.00. The molecule has 0 saturated carbocycles. The van der Waals surface area contributed by atoms with Crippen LogP contribution in [0.1, 0.15) is 23.1 Å². The van der Waals surface area contributed by atoms with Gasteiger partial charge in [0.1, 0.15) is 0 Å². The second-order valence-corrected chi connectivity index (χ2v) is 9.61. The van der Waals surface area contributed by atoms with Crippen LogP contribution < -0.4 is 9.44 Å². The van der Waals surface area contributed by atoms with Gasteiger partial charge < -0.3 is 0 Å². The summed E-state index contributed by atoms with van der Waals surface area (Å²) in [6.45, 7) is 1.66. The van der Waals surface area contributed by atoms with E-state index in [4.69, 9.17) is 0 Å². The van der Waals surface area contributed by atoms with Crippen LogP contribution in [0.3, 0.4) is 0 Å². The van der Waals surface area contributed by atoms with Crippen molar-refractivity contribution < 1.29 is 16.8 Å². The molecule has 0 unspecified atom stereocenters. The number of hydrogen-bond acceptors (Lipinski definition) is 4. The molecule has 2 aromatic carbocycles. The maximum absolute atomic E-state index is 12.6. The zero-order valence-corrected chi connectivity index (χ0v) is 15.7. The van der Waals surface area contributed by atoms with Crippen molar-refractivity contribution in [2.45, 2.75) is 36.0 Å². The summed E-state index contributed by atoms with van der Waals surface area (Å²) in [5, 5.41) is 0. The molecule has 0 spiro atoms. The van der Waals surface area contributed by atoms with Crippen LogP contribution in [-0.2, 0) is 32.9 Å². The highest BCUT2D eigenvalue weighted by molar-refractivity contribution is 7.92. The number of anilines is 1. The molecule has 2 N–H and O–H groups in total. The second kappa shape index (κ2) is 6.44. The fourth-order valence-electron chi connectivity index (χ4n) is 2.99. The van der Waals surface area contributed by atoms with E-state index in [9.17, 15) is 16.8 Å². The highest BCUT2D eigenvalue weighted by atomic mass is 32.2. The third-order valence-electron chi connectivity index (χ3n) is 4.38. The Balaban J connectivity index is 1.95. The summed E-state index contributed by atoms with van der Waals surface area (Å²) >= 11 is 0. The first-order valence-corrected chi connectivity index (χ1v) is 10.9. The summed E-state index contributed by atoms with van der Waals surface area (Å²) < 4.78 is 54.1. The van der Waals surface area contributed by atoms with Crippen molar-refractivity contribution in [2.24, 2.45) is 0 Å². The van der Waals surface area contributed by atoms with Crippen molar-refractivity contribution >= 4 is 25.7 Å². The van der Waals surface area contributed by atoms with Crippen molar-refractivity contribution in [2.75, 3.05) is 11.8 Å². The Morgan fingerprint density at radius 1 is 0.880 bits per heavy atom. The Morgan fingerprint density at radius 3 is 2.32 bits per heavy atom. The second-order valence-electron chi connectivity index (χ2n) is 6.08. The molecule has 3 rings (SSSR count). The largest absolute Gasteiger partial charge is 0.280 e.